The molecule has 0 bridgehead atoms. The highest BCUT2D eigenvalue weighted by atomic mass is 16.3. The van der Waals surface area contributed by atoms with Gasteiger partial charge in [0.05, 0.1) is 6.10 Å². The second-order valence-electron chi connectivity index (χ2n) is 9.09. The molecule has 0 amide bonds. The van der Waals surface area contributed by atoms with Crippen molar-refractivity contribution in [3.63, 3.8) is 0 Å². The summed E-state index contributed by atoms with van der Waals surface area (Å²) in [4.78, 5) is 0. The van der Waals surface area contributed by atoms with Crippen molar-refractivity contribution < 1.29 is 17.4 Å². The maximum atomic E-state index is 10.1. The SMILES string of the molecule is [2H]C([2H])([2H])C(CCC[C@@H](C)C1=CC[C@H]2/C(=C/C=C3/C[C@@H](O)CCC3=C)CCC[C@]12C([2H])([2H])[2H])C([2H])([2H])[2H]. The minimum atomic E-state index is -2.55. The van der Waals surface area contributed by atoms with E-state index in [-0.39, 0.29) is 24.4 Å². The van der Waals surface area contributed by atoms with Crippen LogP contribution in [-0.2, 0) is 0 Å². The fourth-order valence-corrected chi connectivity index (χ4v) is 5.38. The lowest BCUT2D eigenvalue weighted by Gasteiger charge is -2.42. The molecule has 3 aliphatic carbocycles. The zero-order valence-corrected chi connectivity index (χ0v) is 17.3. The molecular weight excluding hydrogens is 340 g/mol. The predicted molar refractivity (Wildman–Crippen MR) is 121 cm³/mol. The van der Waals surface area contributed by atoms with E-state index in [1.54, 1.807) is 0 Å². The minimum absolute atomic E-state index is 0.0588. The van der Waals surface area contributed by atoms with E-state index in [9.17, 15) is 5.11 Å². The zero-order chi connectivity index (χ0) is 27.8. The molecule has 28 heavy (non-hydrogen) atoms. The zero-order valence-electron chi connectivity index (χ0n) is 26.3. The van der Waals surface area contributed by atoms with Crippen LogP contribution >= 0.6 is 0 Å². The van der Waals surface area contributed by atoms with E-state index < -0.39 is 31.9 Å². The first kappa shape index (κ1) is 12.6. The fraction of sp³-hybridized carbons (Fsp3) is 0.704. The molecule has 3 aliphatic rings. The van der Waals surface area contributed by atoms with Crippen LogP contribution < -0.4 is 0 Å². The Bertz CT molecular complexity index is 921. The van der Waals surface area contributed by atoms with E-state index in [0.717, 1.165) is 48.0 Å². The summed E-state index contributed by atoms with van der Waals surface area (Å²) in [5, 5.41) is 10.1. The summed E-state index contributed by atoms with van der Waals surface area (Å²) in [6.07, 6.45) is 11.8. The monoisotopic (exact) mass is 391 g/mol. The molecular formula is C27H42O. The molecule has 156 valence electrons. The van der Waals surface area contributed by atoms with Crippen LogP contribution in [0, 0.1) is 23.2 Å². The Labute approximate surface area is 186 Å². The molecule has 0 radical (unpaired) electrons. The normalized spacial score (nSPS) is 40.9. The average molecular weight is 392 g/mol. The van der Waals surface area contributed by atoms with Crippen molar-refractivity contribution in [3.05, 3.63) is 47.1 Å². The number of hydrogen-bond acceptors (Lipinski definition) is 1. The number of hydrogen-bond donors (Lipinski definition) is 1. The second kappa shape index (κ2) is 9.16. The van der Waals surface area contributed by atoms with Gasteiger partial charge < -0.3 is 5.11 Å². The smallest absolute Gasteiger partial charge is 0.0583 e. The van der Waals surface area contributed by atoms with Crippen LogP contribution in [0.3, 0.4) is 0 Å². The molecule has 1 heteroatoms. The number of aliphatic hydroxyl groups is 1. The van der Waals surface area contributed by atoms with Crippen molar-refractivity contribution in [2.45, 2.75) is 97.8 Å². The Kier molecular flexibility index (Phi) is 4.11. The number of aliphatic hydroxyl groups excluding tert-OH is 1. The second-order valence-corrected chi connectivity index (χ2v) is 9.09. The summed E-state index contributed by atoms with van der Waals surface area (Å²) in [6, 6.07) is 0. The lowest BCUT2D eigenvalue weighted by atomic mass is 9.62. The van der Waals surface area contributed by atoms with Crippen molar-refractivity contribution in [1.82, 2.24) is 0 Å². The van der Waals surface area contributed by atoms with Gasteiger partial charge in [-0.2, -0.15) is 0 Å². The molecule has 2 fully saturated rings. The van der Waals surface area contributed by atoms with E-state index >= 15 is 0 Å². The summed E-state index contributed by atoms with van der Waals surface area (Å²) < 4.78 is 71.7. The first-order chi connectivity index (χ1) is 17.0. The van der Waals surface area contributed by atoms with Crippen LogP contribution in [-0.4, -0.2) is 11.2 Å². The maximum Gasteiger partial charge on any atom is 0.0583 e. The topological polar surface area (TPSA) is 20.2 Å². The van der Waals surface area contributed by atoms with Crippen molar-refractivity contribution >= 4 is 0 Å². The summed E-state index contributed by atoms with van der Waals surface area (Å²) in [5.41, 5.74) is 3.17. The highest BCUT2D eigenvalue weighted by Crippen LogP contribution is 2.57. The third-order valence-electron chi connectivity index (χ3n) is 7.02. The molecule has 4 atom stereocenters. The lowest BCUT2D eigenvalue weighted by Crippen LogP contribution is -2.32. The van der Waals surface area contributed by atoms with Gasteiger partial charge in [0.1, 0.15) is 0 Å². The van der Waals surface area contributed by atoms with E-state index in [2.05, 4.69) is 18.7 Å². The molecule has 1 nitrogen and oxygen atoms in total. The van der Waals surface area contributed by atoms with Gasteiger partial charge in [-0.25, -0.2) is 0 Å². The van der Waals surface area contributed by atoms with Gasteiger partial charge in [-0.05, 0) is 80.1 Å². The Balaban J connectivity index is 1.81. The summed E-state index contributed by atoms with van der Waals surface area (Å²) in [5.74, 6) is -1.58. The largest absolute Gasteiger partial charge is 0.393 e. The van der Waals surface area contributed by atoms with Gasteiger partial charge in [0.2, 0.25) is 0 Å². The van der Waals surface area contributed by atoms with Crippen LogP contribution in [0.25, 0.3) is 0 Å². The molecule has 0 unspecified atom stereocenters. The molecule has 0 aromatic carbocycles. The molecule has 0 aromatic heterocycles. The van der Waals surface area contributed by atoms with Crippen LogP contribution in [0.2, 0.25) is 0 Å². The Morgan fingerprint density at radius 2 is 2.18 bits per heavy atom. The highest BCUT2D eigenvalue weighted by Gasteiger charge is 2.45. The van der Waals surface area contributed by atoms with Crippen LogP contribution in [0.5, 0.6) is 0 Å². The van der Waals surface area contributed by atoms with Crippen molar-refractivity contribution in [3.8, 4) is 0 Å². The standard InChI is InChI=1S/C27H42O/c1-19(2)8-6-9-21(4)25-15-16-26-22(10-7-17-27(25,26)5)12-13-23-18-24(28)14-11-20(23)3/h12-13,15,19,21,24,26,28H,3,6-11,14,16-18H2,1-2,4-5H3/b22-12+,23-13-/t21-,24+,26+,27-/m1/s1/i1D3,2D3,5D3. The van der Waals surface area contributed by atoms with Crippen LogP contribution in [0.4, 0.5) is 0 Å². The van der Waals surface area contributed by atoms with E-state index in [1.807, 2.05) is 13.0 Å². The fourth-order valence-electron chi connectivity index (χ4n) is 5.38. The van der Waals surface area contributed by atoms with Crippen LogP contribution in [0.1, 0.15) is 104 Å². The molecule has 0 aliphatic heterocycles. The molecule has 0 spiro atoms. The third-order valence-corrected chi connectivity index (χ3v) is 7.02. The van der Waals surface area contributed by atoms with Crippen LogP contribution in [0.15, 0.2) is 47.1 Å². The van der Waals surface area contributed by atoms with Crippen molar-refractivity contribution in [2.24, 2.45) is 23.2 Å². The Hall–Kier alpha value is -1.08. The molecule has 0 heterocycles. The maximum absolute atomic E-state index is 10.1. The summed E-state index contributed by atoms with van der Waals surface area (Å²) in [6.45, 7) is -1.16. The molecule has 3 rings (SSSR count). The number of allylic oxidation sites excluding steroid dienone is 6. The van der Waals surface area contributed by atoms with Gasteiger partial charge in [0.15, 0.2) is 0 Å². The van der Waals surface area contributed by atoms with Gasteiger partial charge in [0.25, 0.3) is 0 Å². The summed E-state index contributed by atoms with van der Waals surface area (Å²) in [7, 11) is 0. The quantitative estimate of drug-likeness (QED) is 0.464. The minimum Gasteiger partial charge on any atom is -0.393 e. The van der Waals surface area contributed by atoms with Crippen molar-refractivity contribution in [2.75, 3.05) is 0 Å². The predicted octanol–water partition coefficient (Wildman–Crippen LogP) is 7.54. The molecule has 1 N–H and O–H groups in total. The highest BCUT2D eigenvalue weighted by molar-refractivity contribution is 5.38. The first-order valence-corrected chi connectivity index (χ1v) is 10.9. The van der Waals surface area contributed by atoms with Gasteiger partial charge in [-0.3, -0.25) is 0 Å². The van der Waals surface area contributed by atoms with E-state index in [4.69, 9.17) is 12.3 Å². The van der Waals surface area contributed by atoms with Gasteiger partial charge in [-0.15, -0.1) is 0 Å². The van der Waals surface area contributed by atoms with Gasteiger partial charge in [-0.1, -0.05) is 81.8 Å². The molecule has 0 aromatic rings. The number of rotatable bonds is 6. The van der Waals surface area contributed by atoms with E-state index in [0.29, 0.717) is 32.1 Å². The Morgan fingerprint density at radius 3 is 2.96 bits per heavy atom. The average Bonchev–Trinajstić information content (AvgIpc) is 3.17. The summed E-state index contributed by atoms with van der Waals surface area (Å²) >= 11 is 0. The first-order valence-electron chi connectivity index (χ1n) is 15.4. The van der Waals surface area contributed by atoms with Gasteiger partial charge in [0, 0.05) is 12.3 Å². The van der Waals surface area contributed by atoms with Gasteiger partial charge >= 0.3 is 0 Å². The van der Waals surface area contributed by atoms with E-state index in [1.165, 1.54) is 0 Å². The number of fused-ring (bicyclic) bond motifs is 1. The molecule has 0 saturated heterocycles. The van der Waals surface area contributed by atoms with Crippen molar-refractivity contribution in [1.29, 1.82) is 0 Å². The lowest BCUT2D eigenvalue weighted by molar-refractivity contribution is 0.158. The Morgan fingerprint density at radius 1 is 1.32 bits per heavy atom. The third kappa shape index (κ3) is 4.73. The molecule has 2 saturated carbocycles.